The van der Waals surface area contributed by atoms with Crippen LogP contribution in [0.4, 0.5) is 5.69 Å². The molecule has 1 aromatic heterocycles. The molecule has 6 heteroatoms. The molecule has 0 spiro atoms. The number of aryl methyl sites for hydroxylation is 1. The summed E-state index contributed by atoms with van der Waals surface area (Å²) in [6.45, 7) is 1.74. The Morgan fingerprint density at radius 1 is 1.39 bits per heavy atom. The van der Waals surface area contributed by atoms with Gasteiger partial charge in [-0.25, -0.2) is 9.78 Å². The largest absolute Gasteiger partial charge is 0.478 e. The van der Waals surface area contributed by atoms with Gasteiger partial charge in [-0.3, -0.25) is 4.79 Å². The number of aromatic carboxylic acids is 1. The molecule has 0 aliphatic carbocycles. The van der Waals surface area contributed by atoms with Gasteiger partial charge in [-0.2, -0.15) is 0 Å². The van der Waals surface area contributed by atoms with E-state index in [1.54, 1.807) is 23.9 Å². The monoisotopic (exact) mass is 262 g/mol. The standard InChI is InChI=1S/C12H10N2O3S/c1-7-4-8(12(16)17)2-3-9(7)14-11(15)10-5-18-6-13-10/h2-6H,1H3,(H,14,15)(H,16,17). The summed E-state index contributed by atoms with van der Waals surface area (Å²) in [6, 6.07) is 4.54. The first-order valence-electron chi connectivity index (χ1n) is 5.11. The summed E-state index contributed by atoms with van der Waals surface area (Å²) < 4.78 is 0. The van der Waals surface area contributed by atoms with E-state index in [9.17, 15) is 9.59 Å². The van der Waals surface area contributed by atoms with Crippen LogP contribution in [0.5, 0.6) is 0 Å². The molecule has 92 valence electrons. The second-order valence-corrected chi connectivity index (χ2v) is 4.38. The SMILES string of the molecule is Cc1cc(C(=O)O)ccc1NC(=O)c1cscn1. The lowest BCUT2D eigenvalue weighted by Gasteiger charge is -2.07. The van der Waals surface area contributed by atoms with E-state index in [2.05, 4.69) is 10.3 Å². The Labute approximate surface area is 107 Å². The molecule has 0 fully saturated rings. The summed E-state index contributed by atoms with van der Waals surface area (Å²) in [7, 11) is 0. The maximum atomic E-state index is 11.8. The lowest BCUT2D eigenvalue weighted by atomic mass is 10.1. The van der Waals surface area contributed by atoms with Crippen LogP contribution in [0.25, 0.3) is 0 Å². The van der Waals surface area contributed by atoms with Crippen molar-refractivity contribution in [2.75, 3.05) is 5.32 Å². The number of carbonyl (C=O) groups excluding carboxylic acids is 1. The van der Waals surface area contributed by atoms with Crippen molar-refractivity contribution in [1.82, 2.24) is 4.98 Å². The molecule has 18 heavy (non-hydrogen) atoms. The highest BCUT2D eigenvalue weighted by atomic mass is 32.1. The third-order valence-electron chi connectivity index (χ3n) is 2.39. The van der Waals surface area contributed by atoms with Crippen LogP contribution in [0.1, 0.15) is 26.4 Å². The molecule has 0 aliphatic rings. The van der Waals surface area contributed by atoms with Crippen LogP contribution < -0.4 is 5.32 Å². The molecular weight excluding hydrogens is 252 g/mol. The number of carboxylic acids is 1. The summed E-state index contributed by atoms with van der Waals surface area (Å²) in [5.74, 6) is -1.29. The molecule has 1 amide bonds. The fourth-order valence-electron chi connectivity index (χ4n) is 1.45. The van der Waals surface area contributed by atoms with E-state index in [-0.39, 0.29) is 11.5 Å². The molecule has 0 unspecified atom stereocenters. The molecule has 0 saturated heterocycles. The highest BCUT2D eigenvalue weighted by molar-refractivity contribution is 7.07. The van der Waals surface area contributed by atoms with Crippen molar-refractivity contribution in [2.45, 2.75) is 6.92 Å². The third-order valence-corrected chi connectivity index (χ3v) is 2.97. The predicted octanol–water partition coefficient (Wildman–Crippen LogP) is 2.40. The Balaban J connectivity index is 2.20. The molecule has 1 aromatic carbocycles. The fourth-order valence-corrected chi connectivity index (χ4v) is 1.98. The minimum Gasteiger partial charge on any atom is -0.478 e. The summed E-state index contributed by atoms with van der Waals surface area (Å²) in [5.41, 5.74) is 3.40. The molecule has 5 nitrogen and oxygen atoms in total. The number of nitrogens with zero attached hydrogens (tertiary/aromatic N) is 1. The van der Waals surface area contributed by atoms with Crippen molar-refractivity contribution in [3.63, 3.8) is 0 Å². The van der Waals surface area contributed by atoms with E-state index in [0.717, 1.165) is 0 Å². The number of carboxylic acid groups (broad SMARTS) is 1. The highest BCUT2D eigenvalue weighted by Crippen LogP contribution is 2.17. The zero-order valence-corrected chi connectivity index (χ0v) is 10.3. The number of amides is 1. The average molecular weight is 262 g/mol. The van der Waals surface area contributed by atoms with E-state index in [4.69, 9.17) is 5.11 Å². The van der Waals surface area contributed by atoms with E-state index in [1.807, 2.05) is 0 Å². The third kappa shape index (κ3) is 2.54. The second-order valence-electron chi connectivity index (χ2n) is 3.66. The topological polar surface area (TPSA) is 79.3 Å². The van der Waals surface area contributed by atoms with Crippen molar-refractivity contribution >= 4 is 28.9 Å². The van der Waals surface area contributed by atoms with Crippen LogP contribution in [-0.2, 0) is 0 Å². The van der Waals surface area contributed by atoms with Crippen LogP contribution in [0.2, 0.25) is 0 Å². The Morgan fingerprint density at radius 3 is 2.72 bits per heavy atom. The average Bonchev–Trinajstić information content (AvgIpc) is 2.85. The van der Waals surface area contributed by atoms with Crippen LogP contribution >= 0.6 is 11.3 Å². The van der Waals surface area contributed by atoms with Crippen LogP contribution in [0, 0.1) is 6.92 Å². The van der Waals surface area contributed by atoms with Gasteiger partial charge in [0.1, 0.15) is 5.69 Å². The Kier molecular flexibility index (Phi) is 3.38. The quantitative estimate of drug-likeness (QED) is 0.890. The van der Waals surface area contributed by atoms with Gasteiger partial charge < -0.3 is 10.4 Å². The first kappa shape index (κ1) is 12.3. The molecule has 0 atom stereocenters. The van der Waals surface area contributed by atoms with E-state index >= 15 is 0 Å². The fraction of sp³-hybridized carbons (Fsp3) is 0.0833. The maximum absolute atomic E-state index is 11.8. The van der Waals surface area contributed by atoms with E-state index in [1.165, 1.54) is 23.5 Å². The maximum Gasteiger partial charge on any atom is 0.335 e. The van der Waals surface area contributed by atoms with Crippen molar-refractivity contribution in [3.8, 4) is 0 Å². The molecule has 2 aromatic rings. The number of carbonyl (C=O) groups is 2. The number of aromatic nitrogens is 1. The summed E-state index contributed by atoms with van der Waals surface area (Å²) >= 11 is 1.34. The number of thiazole rings is 1. The van der Waals surface area contributed by atoms with Gasteiger partial charge in [0.2, 0.25) is 0 Å². The molecular formula is C12H10N2O3S. The number of nitrogens with one attached hydrogen (secondary N) is 1. The lowest BCUT2D eigenvalue weighted by molar-refractivity contribution is 0.0696. The molecule has 0 saturated carbocycles. The number of benzene rings is 1. The molecule has 2 rings (SSSR count). The summed E-state index contributed by atoms with van der Waals surface area (Å²) in [5, 5.41) is 13.2. The van der Waals surface area contributed by atoms with Crippen LogP contribution in [0.15, 0.2) is 29.1 Å². The Morgan fingerprint density at radius 2 is 2.17 bits per heavy atom. The van der Waals surface area contributed by atoms with Crippen LogP contribution in [0.3, 0.4) is 0 Å². The van der Waals surface area contributed by atoms with Gasteiger partial charge in [0.05, 0.1) is 11.1 Å². The Hall–Kier alpha value is -2.21. The number of hydrogen-bond donors (Lipinski definition) is 2. The molecule has 2 N–H and O–H groups in total. The minimum absolute atomic E-state index is 0.194. The first-order valence-corrected chi connectivity index (χ1v) is 6.05. The zero-order chi connectivity index (χ0) is 13.1. The van der Waals surface area contributed by atoms with Crippen LogP contribution in [-0.4, -0.2) is 22.0 Å². The minimum atomic E-state index is -0.990. The molecule has 0 aliphatic heterocycles. The van der Waals surface area contributed by atoms with Crippen molar-refractivity contribution in [2.24, 2.45) is 0 Å². The van der Waals surface area contributed by atoms with Gasteiger partial charge >= 0.3 is 5.97 Å². The van der Waals surface area contributed by atoms with Crippen molar-refractivity contribution < 1.29 is 14.7 Å². The zero-order valence-electron chi connectivity index (χ0n) is 9.51. The van der Waals surface area contributed by atoms with Gasteiger partial charge in [-0.1, -0.05) is 0 Å². The first-order chi connectivity index (χ1) is 8.58. The number of hydrogen-bond acceptors (Lipinski definition) is 4. The normalized spacial score (nSPS) is 10.1. The smallest absolute Gasteiger partial charge is 0.335 e. The summed E-state index contributed by atoms with van der Waals surface area (Å²) in [6.07, 6.45) is 0. The van der Waals surface area contributed by atoms with Gasteiger partial charge in [0.25, 0.3) is 5.91 Å². The van der Waals surface area contributed by atoms with Gasteiger partial charge in [-0.05, 0) is 30.7 Å². The number of anilines is 1. The predicted molar refractivity (Wildman–Crippen MR) is 68.2 cm³/mol. The second kappa shape index (κ2) is 4.97. The van der Waals surface area contributed by atoms with Gasteiger partial charge in [-0.15, -0.1) is 11.3 Å². The number of rotatable bonds is 3. The lowest BCUT2D eigenvalue weighted by Crippen LogP contribution is -2.13. The van der Waals surface area contributed by atoms with Gasteiger partial charge in [0.15, 0.2) is 0 Å². The van der Waals surface area contributed by atoms with E-state index in [0.29, 0.717) is 16.9 Å². The Bertz CT molecular complexity index is 593. The van der Waals surface area contributed by atoms with Crippen molar-refractivity contribution in [1.29, 1.82) is 0 Å². The molecule has 0 radical (unpaired) electrons. The summed E-state index contributed by atoms with van der Waals surface area (Å²) in [4.78, 5) is 26.4. The molecule has 0 bridgehead atoms. The highest BCUT2D eigenvalue weighted by Gasteiger charge is 2.11. The van der Waals surface area contributed by atoms with Gasteiger partial charge in [0, 0.05) is 11.1 Å². The van der Waals surface area contributed by atoms with E-state index < -0.39 is 5.97 Å². The van der Waals surface area contributed by atoms with Crippen molar-refractivity contribution in [3.05, 3.63) is 45.9 Å². The molecule has 1 heterocycles.